The third-order valence-electron chi connectivity index (χ3n) is 1.94. The molecule has 0 unspecified atom stereocenters. The van der Waals surface area contributed by atoms with Crippen LogP contribution in [0.5, 0.6) is 0 Å². The molecular weight excluding hydrogens is 232 g/mol. The van der Waals surface area contributed by atoms with E-state index in [1.807, 2.05) is 19.4 Å². The van der Waals surface area contributed by atoms with Crippen LogP contribution in [-0.4, -0.2) is 16.1 Å². The van der Waals surface area contributed by atoms with E-state index in [0.717, 1.165) is 15.4 Å². The number of aromatic nitrogens is 2. The van der Waals surface area contributed by atoms with E-state index >= 15 is 0 Å². The summed E-state index contributed by atoms with van der Waals surface area (Å²) < 4.78 is 2.59. The Morgan fingerprint density at radius 3 is 3.00 bits per heavy atom. The maximum atomic E-state index is 10.6. The van der Waals surface area contributed by atoms with Gasteiger partial charge in [-0.2, -0.15) is 5.10 Å². The van der Waals surface area contributed by atoms with Gasteiger partial charge in [0.1, 0.15) is 0 Å². The van der Waals surface area contributed by atoms with Crippen molar-refractivity contribution in [2.75, 3.05) is 0 Å². The van der Waals surface area contributed by atoms with Crippen molar-refractivity contribution >= 4 is 33.1 Å². The number of carbonyl (C=O) groups excluding carboxylic acids is 1. The van der Waals surface area contributed by atoms with Crippen molar-refractivity contribution < 1.29 is 4.79 Å². The molecule has 0 saturated heterocycles. The van der Waals surface area contributed by atoms with Crippen LogP contribution in [0.4, 0.5) is 0 Å². The monoisotopic (exact) mass is 237 g/mol. The predicted octanol–water partition coefficient (Wildman–Crippen LogP) is 1.79. The van der Waals surface area contributed by atoms with Crippen LogP contribution >= 0.6 is 15.9 Å². The Bertz CT molecular complexity index is 476. The second-order valence-electron chi connectivity index (χ2n) is 2.76. The van der Waals surface area contributed by atoms with Crippen LogP contribution in [0.2, 0.25) is 0 Å². The van der Waals surface area contributed by atoms with E-state index in [0.29, 0.717) is 5.56 Å². The zero-order valence-corrected chi connectivity index (χ0v) is 8.50. The maximum absolute atomic E-state index is 10.6. The van der Waals surface area contributed by atoms with Gasteiger partial charge in [-0.1, -0.05) is 15.9 Å². The van der Waals surface area contributed by atoms with Crippen LogP contribution in [0.3, 0.4) is 0 Å². The predicted molar refractivity (Wildman–Crippen MR) is 53.2 cm³/mol. The molecule has 1 heterocycles. The summed E-state index contributed by atoms with van der Waals surface area (Å²) in [6.07, 6.45) is 3.56. The van der Waals surface area contributed by atoms with Crippen molar-refractivity contribution in [2.24, 2.45) is 7.05 Å². The lowest BCUT2D eigenvalue weighted by Gasteiger charge is -1.97. The Morgan fingerprint density at radius 1 is 1.54 bits per heavy atom. The molecular formula is C9H6BrN2O. The number of rotatable bonds is 1. The maximum Gasteiger partial charge on any atom is 0.234 e. The quantitative estimate of drug-likeness (QED) is 0.759. The second kappa shape index (κ2) is 2.96. The van der Waals surface area contributed by atoms with Crippen LogP contribution in [-0.2, 0) is 11.8 Å². The molecule has 0 aliphatic heterocycles. The van der Waals surface area contributed by atoms with Crippen molar-refractivity contribution in [3.05, 3.63) is 28.4 Å². The molecule has 3 nitrogen and oxygen atoms in total. The minimum Gasteiger partial charge on any atom is -0.285 e. The third-order valence-corrected chi connectivity index (χ3v) is 2.40. The first-order chi connectivity index (χ1) is 6.22. The molecule has 0 spiro atoms. The van der Waals surface area contributed by atoms with Gasteiger partial charge in [0, 0.05) is 22.5 Å². The lowest BCUT2D eigenvalue weighted by molar-refractivity contribution is 0.563. The lowest BCUT2D eigenvalue weighted by atomic mass is 10.1. The molecule has 0 aliphatic carbocycles. The molecule has 0 amide bonds. The number of fused-ring (bicyclic) bond motifs is 1. The first-order valence-electron chi connectivity index (χ1n) is 3.72. The van der Waals surface area contributed by atoms with E-state index in [9.17, 15) is 4.79 Å². The molecule has 1 aromatic carbocycles. The largest absolute Gasteiger partial charge is 0.285 e. The van der Waals surface area contributed by atoms with Crippen LogP contribution in [0.15, 0.2) is 22.8 Å². The van der Waals surface area contributed by atoms with E-state index < -0.39 is 0 Å². The van der Waals surface area contributed by atoms with E-state index in [4.69, 9.17) is 0 Å². The van der Waals surface area contributed by atoms with Gasteiger partial charge >= 0.3 is 0 Å². The van der Waals surface area contributed by atoms with Crippen molar-refractivity contribution in [1.82, 2.24) is 9.78 Å². The molecule has 0 fully saturated rings. The van der Waals surface area contributed by atoms with Crippen molar-refractivity contribution in [2.45, 2.75) is 0 Å². The summed E-state index contributed by atoms with van der Waals surface area (Å²) in [7, 11) is 1.84. The van der Waals surface area contributed by atoms with Crippen LogP contribution in [0.1, 0.15) is 5.56 Å². The molecule has 4 heteroatoms. The van der Waals surface area contributed by atoms with Gasteiger partial charge in [-0.25, -0.2) is 0 Å². The highest BCUT2D eigenvalue weighted by Gasteiger charge is 2.06. The molecule has 0 N–H and O–H groups in total. The Labute approximate surface area is 83.5 Å². The highest BCUT2D eigenvalue weighted by atomic mass is 79.9. The topological polar surface area (TPSA) is 34.9 Å². The van der Waals surface area contributed by atoms with Gasteiger partial charge in [-0.15, -0.1) is 0 Å². The smallest absolute Gasteiger partial charge is 0.234 e. The summed E-state index contributed by atoms with van der Waals surface area (Å²) in [6, 6.07) is 3.65. The fraction of sp³-hybridized carbons (Fsp3) is 0.111. The Balaban J connectivity index is 2.91. The Morgan fingerprint density at radius 2 is 2.31 bits per heavy atom. The van der Waals surface area contributed by atoms with E-state index in [1.54, 1.807) is 16.9 Å². The Hall–Kier alpha value is -1.16. The van der Waals surface area contributed by atoms with Crippen LogP contribution in [0, 0.1) is 0 Å². The average Bonchev–Trinajstić information content (AvgIpc) is 2.47. The van der Waals surface area contributed by atoms with Crippen molar-refractivity contribution in [3.8, 4) is 0 Å². The summed E-state index contributed by atoms with van der Waals surface area (Å²) in [4.78, 5) is 10.6. The van der Waals surface area contributed by atoms with Gasteiger partial charge in [-0.3, -0.25) is 9.48 Å². The summed E-state index contributed by atoms with van der Waals surface area (Å²) in [6.45, 7) is 0. The van der Waals surface area contributed by atoms with Crippen LogP contribution < -0.4 is 0 Å². The molecule has 13 heavy (non-hydrogen) atoms. The first-order valence-corrected chi connectivity index (χ1v) is 4.51. The molecule has 2 aromatic rings. The fourth-order valence-corrected chi connectivity index (χ4v) is 1.74. The van der Waals surface area contributed by atoms with Crippen molar-refractivity contribution in [1.29, 1.82) is 0 Å². The van der Waals surface area contributed by atoms with E-state index in [2.05, 4.69) is 21.0 Å². The van der Waals surface area contributed by atoms with Gasteiger partial charge in [0.15, 0.2) is 0 Å². The zero-order valence-electron chi connectivity index (χ0n) is 6.91. The number of benzene rings is 1. The second-order valence-corrected chi connectivity index (χ2v) is 3.67. The average molecular weight is 238 g/mol. The molecule has 0 saturated carbocycles. The molecule has 0 atom stereocenters. The number of halogens is 1. The first kappa shape index (κ1) is 8.44. The lowest BCUT2D eigenvalue weighted by Crippen LogP contribution is -1.89. The summed E-state index contributed by atoms with van der Waals surface area (Å²) >= 11 is 3.32. The SMILES string of the molecule is Cn1ncc2c([C]=O)cc(Br)cc21. The molecule has 65 valence electrons. The number of nitrogens with zero attached hydrogens (tertiary/aromatic N) is 2. The highest BCUT2D eigenvalue weighted by molar-refractivity contribution is 9.10. The van der Waals surface area contributed by atoms with Gasteiger partial charge < -0.3 is 0 Å². The Kier molecular flexibility index (Phi) is 1.92. The molecule has 1 aromatic heterocycles. The number of hydrogen-bond acceptors (Lipinski definition) is 2. The molecule has 0 aliphatic rings. The number of hydrogen-bond donors (Lipinski definition) is 0. The minimum atomic E-state index is 0.539. The molecule has 1 radical (unpaired) electrons. The third kappa shape index (κ3) is 1.27. The summed E-state index contributed by atoms with van der Waals surface area (Å²) in [5.41, 5.74) is 1.46. The van der Waals surface area contributed by atoms with Crippen LogP contribution in [0.25, 0.3) is 10.9 Å². The number of aryl methyl sites for hydroxylation is 1. The van der Waals surface area contributed by atoms with Crippen molar-refractivity contribution in [3.63, 3.8) is 0 Å². The van der Waals surface area contributed by atoms with Gasteiger partial charge in [-0.05, 0) is 12.1 Å². The highest BCUT2D eigenvalue weighted by Crippen LogP contribution is 2.22. The molecule has 0 bridgehead atoms. The molecule has 2 rings (SSSR count). The van der Waals surface area contributed by atoms with E-state index in [-0.39, 0.29) is 0 Å². The zero-order chi connectivity index (χ0) is 9.42. The normalized spacial score (nSPS) is 10.6. The summed E-state index contributed by atoms with van der Waals surface area (Å²) in [5, 5.41) is 4.90. The van der Waals surface area contributed by atoms with Gasteiger partial charge in [0.05, 0.1) is 11.7 Å². The standard InChI is InChI=1S/C9H6BrN2O/c1-12-9-3-7(10)2-6(5-13)8(9)4-11-12/h2-4H,1H3. The van der Waals surface area contributed by atoms with E-state index in [1.165, 1.54) is 0 Å². The van der Waals surface area contributed by atoms with Gasteiger partial charge in [0.2, 0.25) is 6.29 Å². The summed E-state index contributed by atoms with van der Waals surface area (Å²) in [5.74, 6) is 0. The fourth-order valence-electron chi connectivity index (χ4n) is 1.30. The van der Waals surface area contributed by atoms with Gasteiger partial charge in [0.25, 0.3) is 0 Å². The minimum absolute atomic E-state index is 0.539.